The Morgan fingerprint density at radius 3 is 2.95 bits per heavy atom. The van der Waals surface area contributed by atoms with E-state index in [1.54, 1.807) is 0 Å². The van der Waals surface area contributed by atoms with Crippen molar-refractivity contribution in [2.75, 3.05) is 18.5 Å². The molecule has 1 amide bonds. The summed E-state index contributed by atoms with van der Waals surface area (Å²) in [5.74, 6) is 1.08. The Morgan fingerprint density at radius 2 is 2.30 bits per heavy atom. The number of piperidine rings is 1. The molecule has 0 bridgehead atoms. The normalized spacial score (nSPS) is 22.4. The van der Waals surface area contributed by atoms with Crippen LogP contribution in [-0.2, 0) is 4.79 Å². The number of amides is 1. The van der Waals surface area contributed by atoms with E-state index < -0.39 is 0 Å². The fourth-order valence-corrected chi connectivity index (χ4v) is 2.64. The van der Waals surface area contributed by atoms with E-state index in [1.165, 1.54) is 0 Å². The number of anilines is 1. The van der Waals surface area contributed by atoms with E-state index in [0.717, 1.165) is 36.4 Å². The number of carbonyl (C=O) groups is 1. The average Bonchev–Trinajstić information content (AvgIpc) is 2.42. The third-order valence-electron chi connectivity index (χ3n) is 3.76. The van der Waals surface area contributed by atoms with Crippen molar-refractivity contribution in [3.63, 3.8) is 0 Å². The molecule has 2 rings (SSSR count). The van der Waals surface area contributed by atoms with Gasteiger partial charge in [0.05, 0.1) is 6.61 Å². The molecule has 4 nitrogen and oxygen atoms in total. The molecule has 2 N–H and O–H groups in total. The summed E-state index contributed by atoms with van der Waals surface area (Å²) in [6.45, 7) is 7.65. The third kappa shape index (κ3) is 3.73. The van der Waals surface area contributed by atoms with Crippen molar-refractivity contribution in [1.82, 2.24) is 5.32 Å². The lowest BCUT2D eigenvalue weighted by Gasteiger charge is -2.27. The molecular formula is C16H24N2O2. The molecule has 1 aliphatic heterocycles. The Morgan fingerprint density at radius 1 is 1.50 bits per heavy atom. The molecule has 110 valence electrons. The molecule has 1 saturated heterocycles. The van der Waals surface area contributed by atoms with Gasteiger partial charge in [0, 0.05) is 17.6 Å². The second-order valence-corrected chi connectivity index (χ2v) is 5.48. The van der Waals surface area contributed by atoms with Gasteiger partial charge in [-0.15, -0.1) is 0 Å². The van der Waals surface area contributed by atoms with Crippen molar-refractivity contribution in [3.8, 4) is 5.75 Å². The first-order valence-electron chi connectivity index (χ1n) is 7.38. The van der Waals surface area contributed by atoms with Gasteiger partial charge in [-0.05, 0) is 63.9 Å². The van der Waals surface area contributed by atoms with Crippen molar-refractivity contribution in [2.45, 2.75) is 39.7 Å². The Labute approximate surface area is 120 Å². The maximum Gasteiger partial charge on any atom is 0.227 e. The monoisotopic (exact) mass is 276 g/mol. The van der Waals surface area contributed by atoms with Crippen LogP contribution in [0.5, 0.6) is 5.75 Å². The van der Waals surface area contributed by atoms with Gasteiger partial charge in [-0.2, -0.15) is 0 Å². The fourth-order valence-electron chi connectivity index (χ4n) is 2.64. The highest BCUT2D eigenvalue weighted by Gasteiger charge is 2.24. The minimum absolute atomic E-state index is 0.109. The average molecular weight is 276 g/mol. The molecule has 0 saturated carbocycles. The van der Waals surface area contributed by atoms with E-state index >= 15 is 0 Å². The minimum Gasteiger partial charge on any atom is -0.494 e. The van der Waals surface area contributed by atoms with Gasteiger partial charge in [0.15, 0.2) is 0 Å². The molecule has 0 aromatic heterocycles. The molecule has 0 radical (unpaired) electrons. The highest BCUT2D eigenvalue weighted by atomic mass is 16.5. The van der Waals surface area contributed by atoms with Crippen molar-refractivity contribution in [1.29, 1.82) is 0 Å². The first-order chi connectivity index (χ1) is 9.60. The molecule has 20 heavy (non-hydrogen) atoms. The number of carbonyl (C=O) groups excluding carboxylic acids is 1. The summed E-state index contributed by atoms with van der Waals surface area (Å²) in [7, 11) is 0. The zero-order valence-corrected chi connectivity index (χ0v) is 12.5. The van der Waals surface area contributed by atoms with Crippen LogP contribution in [0.15, 0.2) is 18.2 Å². The highest BCUT2D eigenvalue weighted by Crippen LogP contribution is 2.24. The predicted octanol–water partition coefficient (Wildman–Crippen LogP) is 2.72. The number of aryl methyl sites for hydroxylation is 1. The van der Waals surface area contributed by atoms with Crippen molar-refractivity contribution in [3.05, 3.63) is 23.8 Å². The van der Waals surface area contributed by atoms with Crippen LogP contribution in [-0.4, -0.2) is 25.1 Å². The summed E-state index contributed by atoms with van der Waals surface area (Å²) in [6.07, 6.45) is 1.81. The van der Waals surface area contributed by atoms with Crippen LogP contribution in [0.25, 0.3) is 0 Å². The van der Waals surface area contributed by atoms with Crippen molar-refractivity contribution < 1.29 is 9.53 Å². The van der Waals surface area contributed by atoms with Gasteiger partial charge in [0.2, 0.25) is 5.91 Å². The maximum absolute atomic E-state index is 12.3. The van der Waals surface area contributed by atoms with Crippen LogP contribution in [0.4, 0.5) is 5.69 Å². The predicted molar refractivity (Wildman–Crippen MR) is 81.2 cm³/mol. The summed E-state index contributed by atoms with van der Waals surface area (Å²) in [6, 6.07) is 6.20. The minimum atomic E-state index is 0.109. The van der Waals surface area contributed by atoms with Gasteiger partial charge >= 0.3 is 0 Å². The van der Waals surface area contributed by atoms with E-state index in [2.05, 4.69) is 17.6 Å². The van der Waals surface area contributed by atoms with E-state index in [4.69, 9.17) is 4.74 Å². The number of ether oxygens (including phenoxy) is 1. The Hall–Kier alpha value is -1.55. The summed E-state index contributed by atoms with van der Waals surface area (Å²) < 4.78 is 5.46. The maximum atomic E-state index is 12.3. The fraction of sp³-hybridized carbons (Fsp3) is 0.562. The van der Waals surface area contributed by atoms with Crippen LogP contribution in [0.3, 0.4) is 0 Å². The van der Waals surface area contributed by atoms with Crippen molar-refractivity contribution in [2.24, 2.45) is 5.92 Å². The molecule has 1 heterocycles. The molecule has 1 aromatic carbocycles. The summed E-state index contributed by atoms with van der Waals surface area (Å²) in [4.78, 5) is 12.3. The van der Waals surface area contributed by atoms with Gasteiger partial charge in [-0.25, -0.2) is 0 Å². The molecule has 1 aliphatic rings. The lowest BCUT2D eigenvalue weighted by atomic mass is 9.92. The molecule has 0 unspecified atom stereocenters. The van der Waals surface area contributed by atoms with Crippen LogP contribution in [0.2, 0.25) is 0 Å². The molecule has 1 fully saturated rings. The van der Waals surface area contributed by atoms with Gasteiger partial charge in [0.1, 0.15) is 5.75 Å². The van der Waals surface area contributed by atoms with Gasteiger partial charge in [-0.1, -0.05) is 0 Å². The van der Waals surface area contributed by atoms with Crippen LogP contribution in [0, 0.1) is 12.8 Å². The number of hydrogen-bond acceptors (Lipinski definition) is 3. The van der Waals surface area contributed by atoms with Crippen LogP contribution in [0.1, 0.15) is 32.3 Å². The second kappa shape index (κ2) is 6.75. The molecule has 4 heteroatoms. The van der Waals surface area contributed by atoms with Gasteiger partial charge < -0.3 is 15.4 Å². The van der Waals surface area contributed by atoms with E-state index in [1.807, 2.05) is 32.0 Å². The molecular weight excluding hydrogens is 252 g/mol. The third-order valence-corrected chi connectivity index (χ3v) is 3.76. The van der Waals surface area contributed by atoms with Crippen molar-refractivity contribution >= 4 is 11.6 Å². The Bertz CT molecular complexity index is 474. The second-order valence-electron chi connectivity index (χ2n) is 5.48. The quantitative estimate of drug-likeness (QED) is 0.889. The Balaban J connectivity index is 2.00. The lowest BCUT2D eigenvalue weighted by Crippen LogP contribution is -2.40. The molecule has 0 spiro atoms. The zero-order chi connectivity index (χ0) is 14.5. The summed E-state index contributed by atoms with van der Waals surface area (Å²) in [5.41, 5.74) is 1.91. The van der Waals surface area contributed by atoms with Crippen LogP contribution >= 0.6 is 0 Å². The highest BCUT2D eigenvalue weighted by molar-refractivity contribution is 5.93. The van der Waals surface area contributed by atoms with Gasteiger partial charge in [-0.3, -0.25) is 4.79 Å². The van der Waals surface area contributed by atoms with E-state index in [-0.39, 0.29) is 11.8 Å². The number of benzene rings is 1. The van der Waals surface area contributed by atoms with E-state index in [0.29, 0.717) is 12.6 Å². The Kier molecular flexibility index (Phi) is 5.01. The summed E-state index contributed by atoms with van der Waals surface area (Å²) in [5, 5.41) is 6.41. The smallest absolute Gasteiger partial charge is 0.227 e. The number of hydrogen-bond donors (Lipinski definition) is 2. The SMILES string of the molecule is CCOc1ccc(NC(=O)[C@H]2CCN[C@@H](C)C2)c(C)c1. The van der Waals surface area contributed by atoms with Gasteiger partial charge in [0.25, 0.3) is 0 Å². The zero-order valence-electron chi connectivity index (χ0n) is 12.5. The molecule has 0 aliphatic carbocycles. The number of nitrogens with one attached hydrogen (secondary N) is 2. The first-order valence-corrected chi connectivity index (χ1v) is 7.38. The lowest BCUT2D eigenvalue weighted by molar-refractivity contribution is -0.120. The largest absolute Gasteiger partial charge is 0.494 e. The standard InChI is InChI=1S/C16H24N2O2/c1-4-20-14-5-6-15(11(2)9-14)18-16(19)13-7-8-17-12(3)10-13/h5-6,9,12-13,17H,4,7-8,10H2,1-3H3,(H,18,19)/t12-,13-/m0/s1. The van der Waals surface area contributed by atoms with Crippen LogP contribution < -0.4 is 15.4 Å². The number of rotatable bonds is 4. The topological polar surface area (TPSA) is 50.4 Å². The molecule has 2 atom stereocenters. The summed E-state index contributed by atoms with van der Waals surface area (Å²) >= 11 is 0. The molecule has 1 aromatic rings. The first kappa shape index (κ1) is 14.9. The van der Waals surface area contributed by atoms with E-state index in [9.17, 15) is 4.79 Å².